The first-order valence-corrected chi connectivity index (χ1v) is 9.96. The molecule has 6 nitrogen and oxygen atoms in total. The Labute approximate surface area is 172 Å². The quantitative estimate of drug-likeness (QED) is 0.687. The van der Waals surface area contributed by atoms with Gasteiger partial charge in [-0.1, -0.05) is 24.3 Å². The highest BCUT2D eigenvalue weighted by atomic mass is 16.2. The highest BCUT2D eigenvalue weighted by Gasteiger charge is 2.25. The maximum atomic E-state index is 13.2. The zero-order valence-corrected chi connectivity index (χ0v) is 17.2. The van der Waals surface area contributed by atoms with E-state index in [-0.39, 0.29) is 5.91 Å². The topological polar surface area (TPSA) is 44.6 Å². The Morgan fingerprint density at radius 2 is 1.59 bits per heavy atom. The van der Waals surface area contributed by atoms with E-state index >= 15 is 0 Å². The number of benzene rings is 2. The van der Waals surface area contributed by atoms with Gasteiger partial charge in [-0.25, -0.2) is 4.68 Å². The van der Waals surface area contributed by atoms with Gasteiger partial charge < -0.3 is 14.7 Å². The van der Waals surface area contributed by atoms with Crippen molar-refractivity contribution in [2.24, 2.45) is 0 Å². The first kappa shape index (κ1) is 19.1. The van der Waals surface area contributed by atoms with Crippen molar-refractivity contribution >= 4 is 17.3 Å². The van der Waals surface area contributed by atoms with Gasteiger partial charge >= 0.3 is 0 Å². The summed E-state index contributed by atoms with van der Waals surface area (Å²) < 4.78 is 1.75. The van der Waals surface area contributed by atoms with Gasteiger partial charge in [0, 0.05) is 51.6 Å². The number of carbonyl (C=O) groups excluding carboxylic acids is 1. The van der Waals surface area contributed by atoms with E-state index in [1.54, 1.807) is 4.68 Å². The second kappa shape index (κ2) is 7.99. The Morgan fingerprint density at radius 3 is 2.28 bits per heavy atom. The molecule has 6 heteroatoms. The summed E-state index contributed by atoms with van der Waals surface area (Å²) in [6.45, 7) is 4.96. The van der Waals surface area contributed by atoms with Gasteiger partial charge in [0.15, 0.2) is 0 Å². The fraction of sp³-hybridized carbons (Fsp3) is 0.304. The molecule has 1 aromatic heterocycles. The molecule has 2 heterocycles. The van der Waals surface area contributed by atoms with E-state index in [1.807, 2.05) is 62.3 Å². The zero-order chi connectivity index (χ0) is 20.4. The third-order valence-electron chi connectivity index (χ3n) is 5.33. The third-order valence-corrected chi connectivity index (χ3v) is 5.33. The average molecular weight is 390 g/mol. The van der Waals surface area contributed by atoms with Crippen molar-refractivity contribution in [2.45, 2.75) is 6.92 Å². The summed E-state index contributed by atoms with van der Waals surface area (Å²) in [5.74, 6) is 0.0381. The van der Waals surface area contributed by atoms with Crippen molar-refractivity contribution in [3.05, 3.63) is 72.1 Å². The first-order chi connectivity index (χ1) is 14.0. The van der Waals surface area contributed by atoms with Gasteiger partial charge in [0.1, 0.15) is 5.69 Å². The lowest BCUT2D eigenvalue weighted by Crippen LogP contribution is -2.49. The first-order valence-electron chi connectivity index (χ1n) is 9.96. The number of nitrogens with zero attached hydrogens (tertiary/aromatic N) is 5. The molecule has 1 aliphatic heterocycles. The van der Waals surface area contributed by atoms with Gasteiger partial charge in [-0.3, -0.25) is 4.79 Å². The number of rotatable bonds is 4. The Morgan fingerprint density at radius 1 is 0.897 bits per heavy atom. The van der Waals surface area contributed by atoms with Gasteiger partial charge in [-0.2, -0.15) is 5.10 Å². The average Bonchev–Trinajstić information content (AvgIpc) is 3.16. The number of amides is 1. The predicted octanol–water partition coefficient (Wildman–Crippen LogP) is 3.21. The van der Waals surface area contributed by atoms with Crippen LogP contribution in [0.15, 0.2) is 60.7 Å². The van der Waals surface area contributed by atoms with E-state index in [1.165, 1.54) is 11.4 Å². The van der Waals surface area contributed by atoms with Gasteiger partial charge in [0.2, 0.25) is 0 Å². The minimum Gasteiger partial charge on any atom is -0.378 e. The summed E-state index contributed by atoms with van der Waals surface area (Å²) in [6, 6.07) is 20.2. The number of hydrogen-bond donors (Lipinski definition) is 0. The molecule has 1 fully saturated rings. The number of piperazine rings is 1. The Bertz CT molecular complexity index is 988. The molecule has 1 saturated heterocycles. The normalized spacial score (nSPS) is 14.2. The van der Waals surface area contributed by atoms with Crippen molar-refractivity contribution in [3.63, 3.8) is 0 Å². The van der Waals surface area contributed by atoms with Gasteiger partial charge in [0.25, 0.3) is 5.91 Å². The van der Waals surface area contributed by atoms with Crippen LogP contribution in [0, 0.1) is 6.92 Å². The lowest BCUT2D eigenvalue weighted by atomic mass is 10.2. The Hall–Kier alpha value is -3.28. The van der Waals surface area contributed by atoms with Crippen LogP contribution in [0.2, 0.25) is 0 Å². The summed E-state index contributed by atoms with van der Waals surface area (Å²) in [4.78, 5) is 19.6. The van der Waals surface area contributed by atoms with Crippen LogP contribution in [0.4, 0.5) is 11.4 Å². The monoisotopic (exact) mass is 389 g/mol. The highest BCUT2D eigenvalue weighted by Crippen LogP contribution is 2.23. The van der Waals surface area contributed by atoms with E-state index in [2.05, 4.69) is 39.2 Å². The summed E-state index contributed by atoms with van der Waals surface area (Å²) in [5, 5.41) is 4.54. The van der Waals surface area contributed by atoms with Gasteiger partial charge in [0.05, 0.1) is 11.4 Å². The van der Waals surface area contributed by atoms with Crippen LogP contribution in [0.1, 0.15) is 16.2 Å². The molecule has 150 valence electrons. The molecule has 2 aromatic carbocycles. The molecule has 0 spiro atoms. The number of carbonyl (C=O) groups is 1. The van der Waals surface area contributed by atoms with Crippen LogP contribution in [-0.4, -0.2) is 60.9 Å². The molecular weight excluding hydrogens is 362 g/mol. The number of para-hydroxylation sites is 1. The molecule has 0 bridgehead atoms. The molecule has 4 rings (SSSR count). The van der Waals surface area contributed by atoms with Crippen LogP contribution in [0.25, 0.3) is 5.69 Å². The number of aromatic nitrogens is 2. The summed E-state index contributed by atoms with van der Waals surface area (Å²) >= 11 is 0. The molecule has 0 aliphatic carbocycles. The van der Waals surface area contributed by atoms with Crippen molar-refractivity contribution in [1.82, 2.24) is 14.7 Å². The van der Waals surface area contributed by atoms with Crippen LogP contribution < -0.4 is 9.80 Å². The summed E-state index contributed by atoms with van der Waals surface area (Å²) in [6.07, 6.45) is 0. The number of anilines is 2. The fourth-order valence-electron chi connectivity index (χ4n) is 3.72. The van der Waals surface area contributed by atoms with Gasteiger partial charge in [-0.05, 0) is 43.3 Å². The van der Waals surface area contributed by atoms with Crippen LogP contribution in [-0.2, 0) is 0 Å². The molecule has 1 amide bonds. The third kappa shape index (κ3) is 3.97. The van der Waals surface area contributed by atoms with E-state index in [4.69, 9.17) is 0 Å². The van der Waals surface area contributed by atoms with E-state index in [0.29, 0.717) is 18.8 Å². The minimum atomic E-state index is 0.0381. The van der Waals surface area contributed by atoms with Crippen LogP contribution >= 0.6 is 0 Å². The SMILES string of the molecule is Cc1cc(C(=O)N2CCN(c3cccc(N(C)C)c3)CC2)n(-c2ccccc2)n1. The largest absolute Gasteiger partial charge is 0.378 e. The molecular formula is C23H27N5O. The second-order valence-electron chi connectivity index (χ2n) is 7.61. The fourth-order valence-corrected chi connectivity index (χ4v) is 3.72. The van der Waals surface area contributed by atoms with Crippen LogP contribution in [0.5, 0.6) is 0 Å². The van der Waals surface area contributed by atoms with Crippen molar-refractivity contribution in [2.75, 3.05) is 50.1 Å². The number of aryl methyl sites for hydroxylation is 1. The highest BCUT2D eigenvalue weighted by molar-refractivity contribution is 5.93. The maximum Gasteiger partial charge on any atom is 0.272 e. The maximum absolute atomic E-state index is 13.2. The zero-order valence-electron chi connectivity index (χ0n) is 17.2. The standard InChI is InChI=1S/C23H27N5O/c1-18-16-22(28(24-18)19-8-5-4-6-9-19)23(29)27-14-12-26(13-15-27)21-11-7-10-20(17-21)25(2)3/h4-11,16-17H,12-15H2,1-3H3. The second-order valence-corrected chi connectivity index (χ2v) is 7.61. The Balaban J connectivity index is 1.48. The summed E-state index contributed by atoms with van der Waals surface area (Å²) in [7, 11) is 4.10. The molecule has 0 atom stereocenters. The van der Waals surface area contributed by atoms with E-state index in [9.17, 15) is 4.79 Å². The predicted molar refractivity (Wildman–Crippen MR) is 117 cm³/mol. The lowest BCUT2D eigenvalue weighted by molar-refractivity contribution is 0.0737. The summed E-state index contributed by atoms with van der Waals surface area (Å²) in [5.41, 5.74) is 4.76. The molecule has 0 unspecified atom stereocenters. The smallest absolute Gasteiger partial charge is 0.272 e. The lowest BCUT2D eigenvalue weighted by Gasteiger charge is -2.36. The van der Waals surface area contributed by atoms with Crippen molar-refractivity contribution in [3.8, 4) is 5.69 Å². The van der Waals surface area contributed by atoms with Crippen molar-refractivity contribution in [1.29, 1.82) is 0 Å². The van der Waals surface area contributed by atoms with Crippen molar-refractivity contribution < 1.29 is 4.79 Å². The molecule has 3 aromatic rings. The van der Waals surface area contributed by atoms with E-state index < -0.39 is 0 Å². The Kier molecular flexibility index (Phi) is 5.25. The minimum absolute atomic E-state index is 0.0381. The van der Waals surface area contributed by atoms with Gasteiger partial charge in [-0.15, -0.1) is 0 Å². The molecule has 0 N–H and O–H groups in total. The molecule has 0 radical (unpaired) electrons. The number of hydrogen-bond acceptors (Lipinski definition) is 4. The molecule has 0 saturated carbocycles. The molecule has 29 heavy (non-hydrogen) atoms. The van der Waals surface area contributed by atoms with E-state index in [0.717, 1.165) is 24.5 Å². The van der Waals surface area contributed by atoms with Crippen LogP contribution in [0.3, 0.4) is 0 Å². The molecule has 1 aliphatic rings.